The highest BCUT2D eigenvalue weighted by Crippen LogP contribution is 2.47. The molecule has 2 unspecified atom stereocenters. The van der Waals surface area contributed by atoms with Crippen molar-refractivity contribution < 1.29 is 69.6 Å². The number of rotatable bonds is 14. The summed E-state index contributed by atoms with van der Waals surface area (Å²) in [6, 6.07) is 19.2. The molecule has 0 spiro atoms. The molecular weight excluding hydrogens is 1150 g/mol. The van der Waals surface area contributed by atoms with Gasteiger partial charge in [0.15, 0.2) is 12.1 Å². The van der Waals surface area contributed by atoms with Crippen molar-refractivity contribution in [2.24, 2.45) is 0 Å². The fourth-order valence-electron chi connectivity index (χ4n) is 10.9. The van der Waals surface area contributed by atoms with Crippen molar-refractivity contribution >= 4 is 58.4 Å². The summed E-state index contributed by atoms with van der Waals surface area (Å²) in [4.78, 5) is 74.8. The third-order valence-electron chi connectivity index (χ3n) is 14.9. The summed E-state index contributed by atoms with van der Waals surface area (Å²) in [5.41, 5.74) is 0.410. The predicted molar refractivity (Wildman–Crippen MR) is 283 cm³/mol. The van der Waals surface area contributed by atoms with Gasteiger partial charge in [0, 0.05) is 59.2 Å². The van der Waals surface area contributed by atoms with Gasteiger partial charge < -0.3 is 39.2 Å². The lowest BCUT2D eigenvalue weighted by Gasteiger charge is -2.49. The summed E-state index contributed by atoms with van der Waals surface area (Å²) in [5.74, 6) is -4.37. The van der Waals surface area contributed by atoms with Gasteiger partial charge in [0.05, 0.1) is 30.3 Å². The number of carbonyl (C=O) groups excluding carboxylic acids is 5. The normalized spacial score (nSPS) is 24.0. The Kier molecular flexibility index (Phi) is 15.2. The third-order valence-corrected chi connectivity index (χ3v) is 15.5. The molecule has 0 radical (unpaired) electrons. The summed E-state index contributed by atoms with van der Waals surface area (Å²) in [5, 5.41) is 20.1. The van der Waals surface area contributed by atoms with Crippen LogP contribution in [0.15, 0.2) is 103 Å². The van der Waals surface area contributed by atoms with E-state index in [2.05, 4.69) is 41.3 Å². The van der Waals surface area contributed by atoms with E-state index in [0.717, 1.165) is 35.0 Å². The Morgan fingerprint density at radius 1 is 0.940 bits per heavy atom. The second kappa shape index (κ2) is 22.7. The number of aromatic nitrogens is 7. The number of hydrogen-bond acceptors (Lipinski definition) is 15. The maximum Gasteiger partial charge on any atom is 0.418 e. The van der Waals surface area contributed by atoms with Crippen LogP contribution in [0.25, 0.3) is 16.9 Å². The SMILES string of the molecule is Cc1nc([C@@H]2O[C@@H]3COC(c4ccccc4)O[C@@H]3[C@H](n3cc(-c4cc(F)c(Cl)c(F)c4)nn3)[C@H]2OCC(=O)NC2CC(Oc3ccc(C(=O)Nc4ccc5c(c4)CN(C4CCC(=O)NC4=O)C5=O)nc3)C2)n(-c2cc(Cl)ccc2C(F)(F)F)n1. The minimum Gasteiger partial charge on any atom is -0.489 e. The fourth-order valence-corrected chi connectivity index (χ4v) is 11.2. The lowest BCUT2D eigenvalue weighted by Crippen LogP contribution is -2.58. The number of pyridine rings is 1. The minimum atomic E-state index is -4.89. The number of fused-ring (bicyclic) bond motifs is 2. The van der Waals surface area contributed by atoms with E-state index in [0.29, 0.717) is 41.0 Å². The molecule has 28 heteroatoms. The van der Waals surface area contributed by atoms with E-state index in [-0.39, 0.29) is 71.6 Å². The second-order valence-corrected chi connectivity index (χ2v) is 21.4. The zero-order valence-corrected chi connectivity index (χ0v) is 45.3. The van der Waals surface area contributed by atoms with Crippen LogP contribution < -0.4 is 20.7 Å². The van der Waals surface area contributed by atoms with Crippen LogP contribution in [0.3, 0.4) is 0 Å². The van der Waals surface area contributed by atoms with Gasteiger partial charge in [-0.15, -0.1) is 5.10 Å². The molecule has 12 rings (SSSR count). The number of halogens is 7. The Morgan fingerprint density at radius 2 is 1.73 bits per heavy atom. The lowest BCUT2D eigenvalue weighted by atomic mass is 9.89. The largest absolute Gasteiger partial charge is 0.489 e. The topological polar surface area (TPSA) is 245 Å². The summed E-state index contributed by atoms with van der Waals surface area (Å²) >= 11 is 12.1. The number of piperidine rings is 1. The van der Waals surface area contributed by atoms with Crippen LogP contribution in [0.2, 0.25) is 10.0 Å². The van der Waals surface area contributed by atoms with Crippen LogP contribution in [0.4, 0.5) is 27.6 Å². The average molecular weight is 1200 g/mol. The van der Waals surface area contributed by atoms with Gasteiger partial charge in [-0.2, -0.15) is 18.3 Å². The molecule has 5 amide bonds. The summed E-state index contributed by atoms with van der Waals surface area (Å²) in [6.45, 7) is 0.781. The maximum absolute atomic E-state index is 14.8. The highest BCUT2D eigenvalue weighted by Gasteiger charge is 2.54. The van der Waals surface area contributed by atoms with E-state index >= 15 is 0 Å². The Labute approximate surface area is 482 Å². The first-order chi connectivity index (χ1) is 40.3. The molecule has 84 heavy (non-hydrogen) atoms. The first-order valence-corrected chi connectivity index (χ1v) is 27.0. The van der Waals surface area contributed by atoms with Crippen molar-refractivity contribution in [1.82, 2.24) is 50.3 Å². The predicted octanol–water partition coefficient (Wildman–Crippen LogP) is 7.75. The van der Waals surface area contributed by atoms with Crippen LogP contribution in [0.5, 0.6) is 5.75 Å². The molecule has 5 aliphatic rings. The quantitative estimate of drug-likeness (QED) is 0.0535. The molecule has 4 fully saturated rings. The molecule has 7 atom stereocenters. The summed E-state index contributed by atoms with van der Waals surface area (Å²) in [7, 11) is 0. The molecule has 4 aliphatic heterocycles. The van der Waals surface area contributed by atoms with Gasteiger partial charge >= 0.3 is 6.18 Å². The standard InChI is InChI=1S/C56H46Cl2F5N11O10/c1-26-65-51(74(70-26)42-18-30(57)7-11-36(42)56(61,62)63)50-49(47(48-43(83-50)24-81-55(84-48)27-5-3-2-4-6-27)73-23-40(69-71-73)28-16-37(59)46(58)38(60)17-28)80-25-45(76)66-32-19-34(20-32)82-33-9-12-39(64-21-33)52(77)67-31-8-10-35-29(15-31)22-72(54(35)79)41-13-14-44(75)68-53(41)78/h2-12,15-18,21,23,32,34,41,43,47-50,55H,13-14,19-20,22,24-25H2,1H3,(H,66,76)(H,67,77)(H,68,75,78)/t32?,34?,41?,43-,47+,48+,49-,50-,55?/m1/s1. The summed E-state index contributed by atoms with van der Waals surface area (Å²) in [6.07, 6.45) is -7.48. The van der Waals surface area contributed by atoms with Gasteiger partial charge in [-0.1, -0.05) is 58.7 Å². The Balaban J connectivity index is 0.754. The van der Waals surface area contributed by atoms with Crippen LogP contribution in [0.1, 0.15) is 93.3 Å². The molecule has 7 aromatic rings. The zero-order chi connectivity index (χ0) is 58.7. The Morgan fingerprint density at radius 3 is 2.46 bits per heavy atom. The smallest absolute Gasteiger partial charge is 0.418 e. The Bertz CT molecular complexity index is 3720. The van der Waals surface area contributed by atoms with Crippen molar-refractivity contribution in [2.45, 2.75) is 100 Å². The first kappa shape index (κ1) is 56.2. The third kappa shape index (κ3) is 11.3. The number of ether oxygens (including phenoxy) is 5. The highest BCUT2D eigenvalue weighted by molar-refractivity contribution is 6.31. The maximum atomic E-state index is 14.8. The second-order valence-electron chi connectivity index (χ2n) is 20.5. The number of benzene rings is 4. The highest BCUT2D eigenvalue weighted by atomic mass is 35.5. The van der Waals surface area contributed by atoms with Gasteiger partial charge in [-0.25, -0.2) is 28.1 Å². The minimum absolute atomic E-state index is 0.0194. The molecule has 3 N–H and O–H groups in total. The number of nitrogens with one attached hydrogen (secondary N) is 3. The number of carbonyl (C=O) groups is 5. The number of hydrogen-bond donors (Lipinski definition) is 3. The number of alkyl halides is 3. The molecule has 0 bridgehead atoms. The molecule has 7 heterocycles. The molecule has 1 aliphatic carbocycles. The average Bonchev–Trinajstić information content (AvgIpc) is 2.01. The van der Waals surface area contributed by atoms with Crippen molar-refractivity contribution in [3.63, 3.8) is 0 Å². The van der Waals surface area contributed by atoms with Gasteiger partial charge in [0.25, 0.3) is 11.8 Å². The van der Waals surface area contributed by atoms with E-state index in [9.17, 15) is 45.9 Å². The van der Waals surface area contributed by atoms with Crippen molar-refractivity contribution in [1.29, 1.82) is 0 Å². The monoisotopic (exact) mass is 1200 g/mol. The number of nitrogens with zero attached hydrogens (tertiary/aromatic N) is 8. The van der Waals surface area contributed by atoms with Crippen LogP contribution >= 0.6 is 23.2 Å². The van der Waals surface area contributed by atoms with Gasteiger partial charge in [0.1, 0.15) is 88.8 Å². The zero-order valence-electron chi connectivity index (χ0n) is 43.8. The van der Waals surface area contributed by atoms with Gasteiger partial charge in [-0.05, 0) is 79.6 Å². The molecule has 3 saturated heterocycles. The summed E-state index contributed by atoms with van der Waals surface area (Å²) < 4.78 is 108. The molecule has 4 aromatic carbocycles. The van der Waals surface area contributed by atoms with E-state index in [1.54, 1.807) is 54.6 Å². The lowest BCUT2D eigenvalue weighted by molar-refractivity contribution is -0.322. The van der Waals surface area contributed by atoms with Crippen molar-refractivity contribution in [3.8, 4) is 22.7 Å². The number of amides is 5. The van der Waals surface area contributed by atoms with E-state index in [1.165, 1.54) is 35.0 Å². The van der Waals surface area contributed by atoms with Crippen LogP contribution in [-0.4, -0.2) is 119 Å². The van der Waals surface area contributed by atoms with Crippen LogP contribution in [-0.2, 0) is 46.1 Å². The molecule has 3 aromatic heterocycles. The van der Waals surface area contributed by atoms with Crippen LogP contribution in [0, 0.1) is 18.6 Å². The molecule has 1 saturated carbocycles. The van der Waals surface area contributed by atoms with E-state index in [1.807, 2.05) is 0 Å². The van der Waals surface area contributed by atoms with E-state index in [4.69, 9.17) is 46.9 Å². The molecule has 21 nitrogen and oxygen atoms in total. The van der Waals surface area contributed by atoms with Crippen molar-refractivity contribution in [2.75, 3.05) is 18.5 Å². The molecule has 434 valence electrons. The van der Waals surface area contributed by atoms with Gasteiger partial charge in [0.2, 0.25) is 17.7 Å². The number of imide groups is 1. The van der Waals surface area contributed by atoms with Crippen molar-refractivity contribution in [3.05, 3.63) is 165 Å². The Hall–Kier alpha value is -8.27. The number of anilines is 1. The first-order valence-electron chi connectivity index (χ1n) is 26.3. The number of aryl methyl sites for hydroxylation is 1. The molecular formula is C56H46Cl2F5N11O10. The van der Waals surface area contributed by atoms with E-state index < -0.39 is 113 Å². The van der Waals surface area contributed by atoms with Gasteiger partial charge in [-0.3, -0.25) is 29.3 Å². The fraction of sp³-hybridized carbons (Fsp3) is 0.321.